The first-order chi connectivity index (χ1) is 13.2. The van der Waals surface area contributed by atoms with E-state index < -0.39 is 0 Å². The van der Waals surface area contributed by atoms with E-state index in [1.165, 1.54) is 0 Å². The van der Waals surface area contributed by atoms with E-state index in [4.69, 9.17) is 0 Å². The largest absolute Gasteiger partial charge is 0.356 e. The number of fused-ring (bicyclic) bond motifs is 1. The summed E-state index contributed by atoms with van der Waals surface area (Å²) < 4.78 is 0. The highest BCUT2D eigenvalue weighted by atomic mass is 16.1. The van der Waals surface area contributed by atoms with Crippen molar-refractivity contribution in [1.29, 1.82) is 0 Å². The van der Waals surface area contributed by atoms with Gasteiger partial charge >= 0.3 is 0 Å². The van der Waals surface area contributed by atoms with E-state index >= 15 is 0 Å². The molecule has 0 saturated heterocycles. The average Bonchev–Trinajstić information content (AvgIpc) is 3.01. The molecule has 1 aliphatic rings. The zero-order valence-electron chi connectivity index (χ0n) is 15.0. The number of amides is 1. The summed E-state index contributed by atoms with van der Waals surface area (Å²) in [4.78, 5) is 31.1. The average molecular weight is 360 g/mol. The summed E-state index contributed by atoms with van der Waals surface area (Å²) in [6.45, 7) is 2.09. The van der Waals surface area contributed by atoms with E-state index in [-0.39, 0.29) is 5.78 Å². The third kappa shape index (κ3) is 3.33. The second kappa shape index (κ2) is 7.07. The molecule has 6 nitrogen and oxygen atoms in total. The highest BCUT2D eigenvalue weighted by Crippen LogP contribution is 2.40. The Hall–Kier alpha value is -3.41. The molecule has 0 radical (unpaired) electrons. The van der Waals surface area contributed by atoms with Crippen LogP contribution in [0, 0.1) is 5.92 Å². The fourth-order valence-corrected chi connectivity index (χ4v) is 3.58. The third-order valence-electron chi connectivity index (χ3n) is 4.74. The number of nitrogens with one attached hydrogen (secondary N) is 3. The van der Waals surface area contributed by atoms with Gasteiger partial charge in [0.25, 0.3) is 0 Å². The summed E-state index contributed by atoms with van der Waals surface area (Å²) in [6, 6.07) is 13.4. The molecule has 2 aromatic heterocycles. The molecule has 1 atom stereocenters. The number of pyridine rings is 1. The number of aromatic nitrogens is 2. The Bertz CT molecular complexity index is 995. The van der Waals surface area contributed by atoms with E-state index in [2.05, 4.69) is 27.5 Å². The van der Waals surface area contributed by atoms with Gasteiger partial charge in [-0.3, -0.25) is 9.59 Å². The van der Waals surface area contributed by atoms with Crippen molar-refractivity contribution in [1.82, 2.24) is 9.97 Å². The Labute approximate surface area is 157 Å². The minimum absolute atomic E-state index is 0.143. The molecule has 136 valence electrons. The molecular weight excluding hydrogens is 340 g/mol. The number of para-hydroxylation sites is 1. The molecular formula is C21H20N4O2. The van der Waals surface area contributed by atoms with Crippen LogP contribution in [0.15, 0.2) is 48.7 Å². The van der Waals surface area contributed by atoms with Gasteiger partial charge in [-0.1, -0.05) is 25.1 Å². The van der Waals surface area contributed by atoms with Crippen molar-refractivity contribution in [2.75, 3.05) is 10.6 Å². The highest BCUT2D eigenvalue weighted by molar-refractivity contribution is 6.07. The number of aromatic amines is 1. The molecule has 2 heterocycles. The van der Waals surface area contributed by atoms with Gasteiger partial charge in [-0.05, 0) is 36.6 Å². The first-order valence-corrected chi connectivity index (χ1v) is 8.92. The molecule has 0 saturated carbocycles. The predicted octanol–water partition coefficient (Wildman–Crippen LogP) is 4.15. The van der Waals surface area contributed by atoms with Gasteiger partial charge in [0.2, 0.25) is 6.41 Å². The molecule has 1 aromatic carbocycles. The van der Waals surface area contributed by atoms with Crippen LogP contribution in [0.2, 0.25) is 0 Å². The number of hydrogen-bond donors (Lipinski definition) is 3. The number of rotatable bonds is 5. The smallest absolute Gasteiger partial charge is 0.212 e. The van der Waals surface area contributed by atoms with Crippen LogP contribution in [0.5, 0.6) is 0 Å². The van der Waals surface area contributed by atoms with Gasteiger partial charge in [-0.25, -0.2) is 4.98 Å². The van der Waals surface area contributed by atoms with Gasteiger partial charge in [-0.2, -0.15) is 0 Å². The molecule has 3 N–H and O–H groups in total. The SMILES string of the molecule is CC1CC(=O)c2c([nH]c(-c3ccnc(NC=O)c3)c2Nc2ccccc2)C1. The van der Waals surface area contributed by atoms with Crippen LogP contribution < -0.4 is 10.6 Å². The number of ketones is 1. The summed E-state index contributed by atoms with van der Waals surface area (Å²) in [5.74, 6) is 0.913. The maximum atomic E-state index is 12.8. The zero-order valence-corrected chi connectivity index (χ0v) is 15.0. The molecule has 0 aliphatic heterocycles. The molecule has 0 spiro atoms. The Morgan fingerprint density at radius 2 is 2.00 bits per heavy atom. The van der Waals surface area contributed by atoms with Crippen LogP contribution in [0.25, 0.3) is 11.3 Å². The topological polar surface area (TPSA) is 86.9 Å². The number of anilines is 3. The van der Waals surface area contributed by atoms with Crippen molar-refractivity contribution in [2.45, 2.75) is 19.8 Å². The van der Waals surface area contributed by atoms with Gasteiger partial charge in [0.15, 0.2) is 5.78 Å². The Balaban J connectivity index is 1.85. The summed E-state index contributed by atoms with van der Waals surface area (Å²) in [7, 11) is 0. The van der Waals surface area contributed by atoms with Crippen molar-refractivity contribution in [3.8, 4) is 11.3 Å². The molecule has 27 heavy (non-hydrogen) atoms. The Morgan fingerprint density at radius 3 is 2.78 bits per heavy atom. The first kappa shape index (κ1) is 17.0. The number of Topliss-reactive ketones (excluding diaryl/α,β-unsaturated/α-hetero) is 1. The molecule has 4 rings (SSSR count). The van der Waals surface area contributed by atoms with Crippen molar-refractivity contribution in [2.24, 2.45) is 5.92 Å². The standard InChI is InChI=1S/C21H20N4O2/c1-13-9-16-19(17(27)10-13)21(24-15-5-3-2-4-6-15)20(25-16)14-7-8-22-18(11-14)23-12-26/h2-8,11-13,24-25H,9-10H2,1H3,(H,22,23,26). The van der Waals surface area contributed by atoms with Crippen LogP contribution in [0.4, 0.5) is 17.2 Å². The van der Waals surface area contributed by atoms with Gasteiger partial charge in [-0.15, -0.1) is 0 Å². The van der Waals surface area contributed by atoms with Crippen LogP contribution in [0.1, 0.15) is 29.4 Å². The summed E-state index contributed by atoms with van der Waals surface area (Å²) in [6.07, 6.45) is 3.61. The van der Waals surface area contributed by atoms with Crippen LogP contribution >= 0.6 is 0 Å². The summed E-state index contributed by atoms with van der Waals surface area (Å²) >= 11 is 0. The van der Waals surface area contributed by atoms with E-state index in [0.29, 0.717) is 24.6 Å². The maximum Gasteiger partial charge on any atom is 0.212 e. The normalized spacial score (nSPS) is 15.9. The molecule has 0 bridgehead atoms. The summed E-state index contributed by atoms with van der Waals surface area (Å²) in [5, 5.41) is 5.98. The lowest BCUT2D eigenvalue weighted by Gasteiger charge is -2.18. The molecule has 3 aromatic rings. The van der Waals surface area contributed by atoms with Crippen molar-refractivity contribution < 1.29 is 9.59 Å². The number of H-pyrrole nitrogens is 1. The van der Waals surface area contributed by atoms with E-state index in [0.717, 1.165) is 40.3 Å². The number of carbonyl (C=O) groups is 2. The quantitative estimate of drug-likeness (QED) is 0.597. The van der Waals surface area contributed by atoms with Crippen LogP contribution in [-0.2, 0) is 11.2 Å². The second-order valence-corrected chi connectivity index (χ2v) is 6.85. The zero-order chi connectivity index (χ0) is 18.8. The Kier molecular flexibility index (Phi) is 4.46. The molecule has 6 heteroatoms. The van der Waals surface area contributed by atoms with E-state index in [1.54, 1.807) is 12.3 Å². The van der Waals surface area contributed by atoms with Crippen LogP contribution in [-0.4, -0.2) is 22.2 Å². The lowest BCUT2D eigenvalue weighted by molar-refractivity contribution is -0.105. The maximum absolute atomic E-state index is 12.8. The van der Waals surface area contributed by atoms with Crippen molar-refractivity contribution in [3.05, 3.63) is 59.9 Å². The molecule has 0 fully saturated rings. The third-order valence-corrected chi connectivity index (χ3v) is 4.74. The molecule has 1 unspecified atom stereocenters. The van der Waals surface area contributed by atoms with Crippen LogP contribution in [0.3, 0.4) is 0 Å². The highest BCUT2D eigenvalue weighted by Gasteiger charge is 2.30. The van der Waals surface area contributed by atoms with Crippen molar-refractivity contribution in [3.63, 3.8) is 0 Å². The van der Waals surface area contributed by atoms with Gasteiger partial charge in [0.05, 0.1) is 16.9 Å². The van der Waals surface area contributed by atoms with Crippen molar-refractivity contribution >= 4 is 29.4 Å². The lowest BCUT2D eigenvalue weighted by atomic mass is 9.87. The van der Waals surface area contributed by atoms with E-state index in [9.17, 15) is 9.59 Å². The fourth-order valence-electron chi connectivity index (χ4n) is 3.58. The Morgan fingerprint density at radius 1 is 1.19 bits per heavy atom. The first-order valence-electron chi connectivity index (χ1n) is 8.92. The van der Waals surface area contributed by atoms with E-state index in [1.807, 2.05) is 36.4 Å². The minimum Gasteiger partial charge on any atom is -0.356 e. The monoisotopic (exact) mass is 360 g/mol. The predicted molar refractivity (Wildman–Crippen MR) is 105 cm³/mol. The van der Waals surface area contributed by atoms with Gasteiger partial charge in [0, 0.05) is 29.6 Å². The lowest BCUT2D eigenvalue weighted by Crippen LogP contribution is -2.17. The second-order valence-electron chi connectivity index (χ2n) is 6.85. The summed E-state index contributed by atoms with van der Waals surface area (Å²) in [5.41, 5.74) is 5.04. The molecule has 1 amide bonds. The number of carbonyl (C=O) groups excluding carboxylic acids is 2. The number of benzene rings is 1. The minimum atomic E-state index is 0.143. The molecule has 1 aliphatic carbocycles. The number of hydrogen-bond acceptors (Lipinski definition) is 4. The van der Waals surface area contributed by atoms with Gasteiger partial charge in [0.1, 0.15) is 5.82 Å². The fraction of sp³-hybridized carbons (Fsp3) is 0.190. The van der Waals surface area contributed by atoms with Gasteiger partial charge < -0.3 is 15.6 Å². The number of nitrogens with zero attached hydrogens (tertiary/aromatic N) is 1.